The second-order valence-electron chi connectivity index (χ2n) is 11.7. The summed E-state index contributed by atoms with van der Waals surface area (Å²) in [5.74, 6) is 0.380. The van der Waals surface area contributed by atoms with E-state index < -0.39 is 10.9 Å². The van der Waals surface area contributed by atoms with E-state index in [-0.39, 0.29) is 28.7 Å². The van der Waals surface area contributed by atoms with Gasteiger partial charge in [-0.2, -0.15) is 4.98 Å². The third-order valence-electron chi connectivity index (χ3n) is 7.74. The molecule has 1 aromatic carbocycles. The lowest BCUT2D eigenvalue weighted by Gasteiger charge is -2.23. The Morgan fingerprint density at radius 1 is 1.19 bits per heavy atom. The average Bonchev–Trinajstić information content (AvgIpc) is 3.67. The smallest absolute Gasteiger partial charge is 0.343 e. The van der Waals surface area contributed by atoms with E-state index in [4.69, 9.17) is 19.4 Å². The largest absolute Gasteiger partial charge is 0.494 e. The molecular formula is C30H38N8O5. The van der Waals surface area contributed by atoms with Crippen molar-refractivity contribution in [2.24, 2.45) is 0 Å². The molecule has 0 amide bonds. The molecule has 0 saturated heterocycles. The molecule has 228 valence electrons. The summed E-state index contributed by atoms with van der Waals surface area (Å²) in [5, 5.41) is 15.2. The standard InChI is InChI=1S/C30H38N8O5/c1-18(2)43-28(39)20-16-31-29(34-27(20)37-17-30(10-11-30)26-22(37)9-8-19(3)32-26)33-21-14-24(38(40)41)23(15-25(21)42-7)36(6)13-12-35(4)5/h8-9,14-16,18H,10-13,17H2,1-7H3,(H,31,33,34). The highest BCUT2D eigenvalue weighted by atomic mass is 16.6. The first-order valence-corrected chi connectivity index (χ1v) is 14.3. The van der Waals surface area contributed by atoms with Crippen LogP contribution in [0.4, 0.5) is 34.5 Å². The highest BCUT2D eigenvalue weighted by Crippen LogP contribution is 2.57. The topological polar surface area (TPSA) is 139 Å². The number of nitrogens with zero attached hydrogens (tertiary/aromatic N) is 7. The molecule has 1 N–H and O–H groups in total. The highest BCUT2D eigenvalue weighted by Gasteiger charge is 2.54. The average molecular weight is 591 g/mol. The minimum atomic E-state index is -0.534. The molecule has 43 heavy (non-hydrogen) atoms. The van der Waals surface area contributed by atoms with Crippen molar-refractivity contribution in [1.29, 1.82) is 0 Å². The third-order valence-corrected chi connectivity index (χ3v) is 7.74. The van der Waals surface area contributed by atoms with Crippen LogP contribution in [0.1, 0.15) is 48.4 Å². The van der Waals surface area contributed by atoms with Gasteiger partial charge in [-0.25, -0.2) is 9.78 Å². The summed E-state index contributed by atoms with van der Waals surface area (Å²) in [6, 6.07) is 7.00. The van der Waals surface area contributed by atoms with Crippen LogP contribution in [0, 0.1) is 17.0 Å². The van der Waals surface area contributed by atoms with E-state index in [0.29, 0.717) is 42.6 Å². The summed E-state index contributed by atoms with van der Waals surface area (Å²) in [7, 11) is 7.19. The van der Waals surface area contributed by atoms with Crippen LogP contribution in [0.2, 0.25) is 0 Å². The number of methoxy groups -OCH3 is 1. The predicted molar refractivity (Wildman–Crippen MR) is 164 cm³/mol. The number of esters is 1. The van der Waals surface area contributed by atoms with Crippen molar-refractivity contribution in [3.8, 4) is 5.75 Å². The quantitative estimate of drug-likeness (QED) is 0.190. The molecule has 0 bridgehead atoms. The summed E-state index contributed by atoms with van der Waals surface area (Å²) in [5.41, 5.74) is 3.64. The number of rotatable bonds is 11. The van der Waals surface area contributed by atoms with Crippen molar-refractivity contribution in [1.82, 2.24) is 19.9 Å². The number of hydrogen-bond acceptors (Lipinski definition) is 12. The van der Waals surface area contributed by atoms with Crippen molar-refractivity contribution in [3.63, 3.8) is 0 Å². The highest BCUT2D eigenvalue weighted by molar-refractivity contribution is 5.96. The number of ether oxygens (including phenoxy) is 2. The number of benzene rings is 1. The summed E-state index contributed by atoms with van der Waals surface area (Å²) >= 11 is 0. The molecule has 3 aromatic rings. The van der Waals surface area contributed by atoms with Gasteiger partial charge in [0.05, 0.1) is 35.2 Å². The maximum absolute atomic E-state index is 13.2. The van der Waals surface area contributed by atoms with Gasteiger partial charge in [0.1, 0.15) is 17.0 Å². The first kappa shape index (κ1) is 30.0. The van der Waals surface area contributed by atoms with Crippen LogP contribution in [0.3, 0.4) is 0 Å². The zero-order valence-corrected chi connectivity index (χ0v) is 25.7. The predicted octanol–water partition coefficient (Wildman–Crippen LogP) is 4.59. The van der Waals surface area contributed by atoms with Crippen molar-refractivity contribution >= 4 is 40.5 Å². The van der Waals surface area contributed by atoms with Crippen LogP contribution in [0.25, 0.3) is 0 Å². The van der Waals surface area contributed by atoms with Gasteiger partial charge in [-0.3, -0.25) is 15.1 Å². The van der Waals surface area contributed by atoms with Gasteiger partial charge in [0.25, 0.3) is 5.69 Å². The molecule has 0 atom stereocenters. The van der Waals surface area contributed by atoms with E-state index >= 15 is 0 Å². The normalized spacial score (nSPS) is 14.7. The van der Waals surface area contributed by atoms with Gasteiger partial charge in [-0.1, -0.05) is 0 Å². The van der Waals surface area contributed by atoms with Gasteiger partial charge in [-0.05, 0) is 59.8 Å². The molecule has 2 aromatic heterocycles. The van der Waals surface area contributed by atoms with Crippen molar-refractivity contribution in [3.05, 3.63) is 57.5 Å². The fourth-order valence-corrected chi connectivity index (χ4v) is 5.28. The molecule has 5 rings (SSSR count). The van der Waals surface area contributed by atoms with Gasteiger partial charge in [0, 0.05) is 56.1 Å². The van der Waals surface area contributed by atoms with E-state index in [2.05, 4.69) is 10.3 Å². The number of anilines is 5. The van der Waals surface area contributed by atoms with E-state index in [1.165, 1.54) is 19.4 Å². The Morgan fingerprint density at radius 3 is 2.56 bits per heavy atom. The Morgan fingerprint density at radius 2 is 1.93 bits per heavy atom. The van der Waals surface area contributed by atoms with E-state index in [1.807, 2.05) is 47.9 Å². The molecule has 0 unspecified atom stereocenters. The number of carbonyl (C=O) groups excluding carboxylic acids is 1. The van der Waals surface area contributed by atoms with Gasteiger partial charge in [-0.15, -0.1) is 0 Å². The second kappa shape index (κ2) is 11.6. The van der Waals surface area contributed by atoms with Crippen LogP contribution in [-0.2, 0) is 10.2 Å². The minimum Gasteiger partial charge on any atom is -0.494 e. The maximum Gasteiger partial charge on any atom is 0.343 e. The summed E-state index contributed by atoms with van der Waals surface area (Å²) in [4.78, 5) is 44.8. The van der Waals surface area contributed by atoms with E-state index in [9.17, 15) is 14.9 Å². The minimum absolute atomic E-state index is 0.0720. The number of carbonyl (C=O) groups is 1. The Balaban J connectivity index is 1.55. The Kier molecular flexibility index (Phi) is 8.10. The SMILES string of the molecule is COc1cc(N(C)CCN(C)C)c([N+](=O)[O-])cc1Nc1ncc(C(=O)OC(C)C)c(N2CC3(CC3)c3nc(C)ccc32)n1. The monoisotopic (exact) mass is 590 g/mol. The number of likely N-dealkylation sites (N-methyl/N-ethyl adjacent to an activating group) is 2. The van der Waals surface area contributed by atoms with Crippen LogP contribution >= 0.6 is 0 Å². The van der Waals surface area contributed by atoms with Crippen molar-refractivity contribution in [2.75, 3.05) is 63.0 Å². The molecule has 3 heterocycles. The third kappa shape index (κ3) is 6.03. The van der Waals surface area contributed by atoms with Crippen molar-refractivity contribution < 1.29 is 19.2 Å². The van der Waals surface area contributed by atoms with Crippen LogP contribution in [-0.4, -0.2) is 84.7 Å². The fourth-order valence-electron chi connectivity index (χ4n) is 5.28. The van der Waals surface area contributed by atoms with E-state index in [0.717, 1.165) is 29.9 Å². The maximum atomic E-state index is 13.2. The van der Waals surface area contributed by atoms with Gasteiger partial charge in [0.2, 0.25) is 5.95 Å². The number of hydrogen-bond donors (Lipinski definition) is 1. The number of aryl methyl sites for hydroxylation is 1. The number of pyridine rings is 1. The zero-order valence-electron chi connectivity index (χ0n) is 25.7. The number of fused-ring (bicyclic) bond motifs is 2. The number of nitrogens with one attached hydrogen (secondary N) is 1. The van der Waals surface area contributed by atoms with E-state index in [1.54, 1.807) is 27.0 Å². The van der Waals surface area contributed by atoms with Crippen molar-refractivity contribution in [2.45, 2.75) is 45.1 Å². The first-order chi connectivity index (χ1) is 20.4. The molecule has 1 saturated carbocycles. The van der Waals surface area contributed by atoms with Gasteiger partial charge < -0.3 is 29.5 Å². The molecule has 1 aliphatic heterocycles. The lowest BCUT2D eigenvalue weighted by atomic mass is 10.0. The Hall–Kier alpha value is -4.52. The molecule has 1 fully saturated rings. The van der Waals surface area contributed by atoms with Gasteiger partial charge in [0.15, 0.2) is 5.82 Å². The zero-order chi connectivity index (χ0) is 31.1. The Labute approximate surface area is 251 Å². The lowest BCUT2D eigenvalue weighted by Crippen LogP contribution is -2.29. The molecule has 1 aliphatic carbocycles. The fraction of sp³-hybridized carbons (Fsp3) is 0.467. The summed E-state index contributed by atoms with van der Waals surface area (Å²) < 4.78 is 11.2. The molecule has 13 nitrogen and oxygen atoms in total. The molecule has 13 heteroatoms. The second-order valence-corrected chi connectivity index (χ2v) is 11.7. The lowest BCUT2D eigenvalue weighted by molar-refractivity contribution is -0.384. The molecular weight excluding hydrogens is 552 g/mol. The summed E-state index contributed by atoms with van der Waals surface area (Å²) in [6.07, 6.45) is 3.11. The summed E-state index contributed by atoms with van der Waals surface area (Å²) in [6.45, 7) is 7.46. The number of nitro benzene ring substituents is 1. The number of nitro groups is 1. The van der Waals surface area contributed by atoms with Crippen LogP contribution < -0.4 is 19.9 Å². The molecule has 2 aliphatic rings. The molecule has 0 radical (unpaired) electrons. The van der Waals surface area contributed by atoms with Gasteiger partial charge >= 0.3 is 5.97 Å². The first-order valence-electron chi connectivity index (χ1n) is 14.3. The molecule has 1 spiro atoms. The number of aromatic nitrogens is 3. The van der Waals surface area contributed by atoms with Crippen LogP contribution in [0.15, 0.2) is 30.5 Å². The van der Waals surface area contributed by atoms with Crippen LogP contribution in [0.5, 0.6) is 5.75 Å². The Bertz CT molecular complexity index is 1560.